The van der Waals surface area contributed by atoms with Crippen LogP contribution >= 0.6 is 0 Å². The van der Waals surface area contributed by atoms with Crippen molar-refractivity contribution < 1.29 is 71.5 Å². The summed E-state index contributed by atoms with van der Waals surface area (Å²) in [5.41, 5.74) is 0. The van der Waals surface area contributed by atoms with Crippen LogP contribution in [0.4, 0.5) is 0 Å². The van der Waals surface area contributed by atoms with E-state index in [1.807, 2.05) is 0 Å². The van der Waals surface area contributed by atoms with Gasteiger partial charge in [0.05, 0.1) is 0 Å². The van der Waals surface area contributed by atoms with Gasteiger partial charge in [0.1, 0.15) is 0 Å². The largest absolute Gasteiger partial charge is 4.00 e. The van der Waals surface area contributed by atoms with E-state index in [1.165, 1.54) is 0 Å². The Kier molecular flexibility index (Phi) is 540. The smallest absolute Gasteiger partial charge is 2.00 e. The molecule has 0 amide bonds. The Morgan fingerprint density at radius 2 is 0.600 bits per heavy atom. The van der Waals surface area contributed by atoms with Gasteiger partial charge in [-0.15, -0.1) is 0 Å². The average Bonchev–Trinajstić information content (AvgIpc) is 0. The van der Waals surface area contributed by atoms with Gasteiger partial charge in [0.2, 0.25) is 0 Å². The minimum absolute atomic E-state index is 0. The molecule has 0 aromatic heterocycles. The number of hydrogen-bond acceptors (Lipinski definition) is 0. The molecule has 0 rings (SSSR count). The molecule has 0 aliphatic carbocycles. The van der Waals surface area contributed by atoms with E-state index < -0.39 is 0 Å². The molecule has 0 N–H and O–H groups in total. The van der Waals surface area contributed by atoms with Gasteiger partial charge >= 0.3 is 60.5 Å². The molecule has 0 aliphatic heterocycles. The van der Waals surface area contributed by atoms with Crippen LogP contribution in [0.1, 0.15) is 0 Å². The fraction of sp³-hybridized carbons (Fsp3) is 0. The van der Waals surface area contributed by atoms with Gasteiger partial charge in [-0.2, -0.15) is 0 Å². The summed E-state index contributed by atoms with van der Waals surface area (Å²) in [6.07, 6.45) is 0. The van der Waals surface area contributed by atoms with Crippen LogP contribution in [-0.4, -0.2) is 0 Å². The first-order valence-corrected chi connectivity index (χ1v) is 0. The van der Waals surface area contributed by atoms with Crippen molar-refractivity contribution in [1.82, 2.24) is 0 Å². The van der Waals surface area contributed by atoms with Crippen molar-refractivity contribution >= 4 is 0 Å². The Labute approximate surface area is 70.9 Å². The second-order valence-corrected chi connectivity index (χ2v) is 0. The molecule has 0 atom stereocenters. The van der Waals surface area contributed by atoms with Crippen LogP contribution in [0.3, 0.4) is 0 Å². The summed E-state index contributed by atoms with van der Waals surface area (Å²) in [7, 11) is 0. The third-order valence-corrected chi connectivity index (χ3v) is 0. The van der Waals surface area contributed by atoms with Gasteiger partial charge in [-0.1, -0.05) is 0 Å². The molecule has 0 unspecified atom stereocenters. The molecule has 0 aromatic carbocycles. The zero-order valence-corrected chi connectivity index (χ0v) is 6.40. The van der Waals surface area contributed by atoms with Crippen LogP contribution < -0.4 is 0 Å². The molecule has 0 saturated heterocycles. The minimum atomic E-state index is 0. The molecule has 5 heteroatoms. The standard InChI is InChI=1S/Fe.2O.2Ti/q+2;2*-2;2*+4. The Hall–Kier alpha value is 1.87. The summed E-state index contributed by atoms with van der Waals surface area (Å²) in [5.74, 6) is 0. The summed E-state index contributed by atoms with van der Waals surface area (Å²) in [4.78, 5) is 0. The van der Waals surface area contributed by atoms with Crippen molar-refractivity contribution in [3.05, 3.63) is 0 Å². The summed E-state index contributed by atoms with van der Waals surface area (Å²) in [6, 6.07) is 0. The van der Waals surface area contributed by atoms with E-state index >= 15 is 0 Å². The maximum atomic E-state index is 0. The van der Waals surface area contributed by atoms with Gasteiger partial charge in [0, 0.05) is 0 Å². The Bertz CT molecular complexity index is 7.61. The van der Waals surface area contributed by atoms with Crippen molar-refractivity contribution in [3.8, 4) is 0 Å². The van der Waals surface area contributed by atoms with Gasteiger partial charge in [-0.3, -0.25) is 0 Å². The van der Waals surface area contributed by atoms with Crippen molar-refractivity contribution in [2.24, 2.45) is 0 Å². The van der Waals surface area contributed by atoms with E-state index in [2.05, 4.69) is 0 Å². The predicted molar refractivity (Wildman–Crippen MR) is 1.37 cm³/mol. The van der Waals surface area contributed by atoms with Crippen molar-refractivity contribution in [3.63, 3.8) is 0 Å². The minimum Gasteiger partial charge on any atom is -2.00 e. The third kappa shape index (κ3) is 25.2. The molecule has 0 radical (unpaired) electrons. The normalized spacial score (nSPS) is 0. The second kappa shape index (κ2) is 39.8. The number of hydrogen-bond donors (Lipinski definition) is 0. The SMILES string of the molecule is [Fe+2].[O-2].[O-2].[Ti+4].[Ti+4]. The van der Waals surface area contributed by atoms with Crippen molar-refractivity contribution in [2.45, 2.75) is 0 Å². The maximum absolute atomic E-state index is 0. The quantitative estimate of drug-likeness (QED) is 0.466. The topological polar surface area (TPSA) is 57.0 Å². The molecule has 2 nitrogen and oxygen atoms in total. The van der Waals surface area contributed by atoms with Gasteiger partial charge in [0.15, 0.2) is 0 Å². The van der Waals surface area contributed by atoms with Crippen LogP contribution in [0.15, 0.2) is 0 Å². The Balaban J connectivity index is 0. The van der Waals surface area contributed by atoms with E-state index in [1.54, 1.807) is 0 Å². The molecule has 0 aliphatic rings. The number of rotatable bonds is 0. The Morgan fingerprint density at radius 3 is 0.600 bits per heavy atom. The first kappa shape index (κ1) is 67.8. The second-order valence-electron chi connectivity index (χ2n) is 0. The molecule has 5 heavy (non-hydrogen) atoms. The van der Waals surface area contributed by atoms with E-state index in [0.29, 0.717) is 0 Å². The predicted octanol–water partition coefficient (Wildman–Crippen LogP) is -0.245. The summed E-state index contributed by atoms with van der Waals surface area (Å²) < 4.78 is 0. The van der Waals surface area contributed by atoms with Gasteiger partial charge in [-0.05, 0) is 0 Å². The van der Waals surface area contributed by atoms with E-state index in [0.717, 1.165) is 0 Å². The summed E-state index contributed by atoms with van der Waals surface area (Å²) in [6.45, 7) is 0. The monoisotopic (exact) mass is 184 g/mol. The van der Waals surface area contributed by atoms with Gasteiger partial charge < -0.3 is 11.0 Å². The van der Waals surface area contributed by atoms with Crippen molar-refractivity contribution in [1.29, 1.82) is 0 Å². The van der Waals surface area contributed by atoms with Crippen molar-refractivity contribution in [2.75, 3.05) is 0 Å². The van der Waals surface area contributed by atoms with Crippen LogP contribution in [-0.2, 0) is 71.5 Å². The fourth-order valence-electron chi connectivity index (χ4n) is 0. The van der Waals surface area contributed by atoms with Crippen LogP contribution in [0.5, 0.6) is 0 Å². The molecular formula is FeO2Ti2+6. The maximum Gasteiger partial charge on any atom is 4.00 e. The van der Waals surface area contributed by atoms with Crippen LogP contribution in [0.25, 0.3) is 0 Å². The molecule has 0 aromatic rings. The van der Waals surface area contributed by atoms with Gasteiger partial charge in [0.25, 0.3) is 0 Å². The van der Waals surface area contributed by atoms with Gasteiger partial charge in [-0.25, -0.2) is 0 Å². The molecule has 0 fully saturated rings. The zero-order valence-electron chi connectivity index (χ0n) is 2.17. The van der Waals surface area contributed by atoms with Crippen LogP contribution in [0.2, 0.25) is 0 Å². The molecular weight excluding hydrogens is 184 g/mol. The molecule has 0 spiro atoms. The van der Waals surface area contributed by atoms with E-state index in [9.17, 15) is 0 Å². The third-order valence-electron chi connectivity index (χ3n) is 0. The fourth-order valence-corrected chi connectivity index (χ4v) is 0. The average molecular weight is 184 g/mol. The first-order chi connectivity index (χ1) is 0. The van der Waals surface area contributed by atoms with E-state index in [-0.39, 0.29) is 71.5 Å². The van der Waals surface area contributed by atoms with E-state index in [4.69, 9.17) is 0 Å². The summed E-state index contributed by atoms with van der Waals surface area (Å²) >= 11 is 0. The Morgan fingerprint density at radius 1 is 0.600 bits per heavy atom. The van der Waals surface area contributed by atoms with Crippen LogP contribution in [0, 0.1) is 0 Å². The summed E-state index contributed by atoms with van der Waals surface area (Å²) in [5, 5.41) is 0. The molecule has 22 valence electrons. The molecule has 0 heterocycles. The molecule has 0 bridgehead atoms. The zero-order chi connectivity index (χ0) is 0. The first-order valence-electron chi connectivity index (χ1n) is 0. The molecule has 0 saturated carbocycles.